The zero-order valence-electron chi connectivity index (χ0n) is 9.18. The maximum absolute atomic E-state index is 5.71. The van der Waals surface area contributed by atoms with Gasteiger partial charge in [-0.3, -0.25) is 0 Å². The van der Waals surface area contributed by atoms with E-state index < -0.39 is 0 Å². The Morgan fingerprint density at radius 3 is 2.73 bits per heavy atom. The fourth-order valence-electron chi connectivity index (χ4n) is 1.83. The van der Waals surface area contributed by atoms with Crippen LogP contribution < -0.4 is 11.1 Å². The van der Waals surface area contributed by atoms with Crippen LogP contribution in [0.3, 0.4) is 0 Å². The van der Waals surface area contributed by atoms with Crippen LogP contribution in [0.1, 0.15) is 20.3 Å². The Bertz CT molecular complexity index is 374. The first-order valence-corrected chi connectivity index (χ1v) is 6.36. The van der Waals surface area contributed by atoms with Crippen LogP contribution in [0.25, 0.3) is 0 Å². The molecule has 3 heteroatoms. The third-order valence-corrected chi connectivity index (χ3v) is 4.14. The SMILES string of the molecule is CC1(C)CC1CNc1ccc(N)cc1I. The van der Waals surface area contributed by atoms with Gasteiger partial charge in [-0.25, -0.2) is 0 Å². The Morgan fingerprint density at radius 1 is 1.53 bits per heavy atom. The molecule has 1 aromatic carbocycles. The van der Waals surface area contributed by atoms with Crippen LogP contribution in [0.15, 0.2) is 18.2 Å². The fourth-order valence-corrected chi connectivity index (χ4v) is 2.56. The molecule has 0 radical (unpaired) electrons. The van der Waals surface area contributed by atoms with Gasteiger partial charge in [0.1, 0.15) is 0 Å². The van der Waals surface area contributed by atoms with E-state index in [1.165, 1.54) is 15.7 Å². The van der Waals surface area contributed by atoms with Gasteiger partial charge in [0.05, 0.1) is 0 Å². The van der Waals surface area contributed by atoms with E-state index in [0.717, 1.165) is 18.2 Å². The number of benzene rings is 1. The molecule has 1 fully saturated rings. The minimum Gasteiger partial charge on any atom is -0.399 e. The molecule has 1 aliphatic rings. The van der Waals surface area contributed by atoms with Crippen molar-refractivity contribution in [2.75, 3.05) is 17.6 Å². The molecule has 1 saturated carbocycles. The highest BCUT2D eigenvalue weighted by Gasteiger charge is 2.44. The molecule has 2 rings (SSSR count). The summed E-state index contributed by atoms with van der Waals surface area (Å²) >= 11 is 2.32. The quantitative estimate of drug-likeness (QED) is 0.663. The lowest BCUT2D eigenvalue weighted by Gasteiger charge is -2.10. The van der Waals surface area contributed by atoms with Crippen LogP contribution in [0.5, 0.6) is 0 Å². The molecular formula is C12H17IN2. The zero-order chi connectivity index (χ0) is 11.1. The van der Waals surface area contributed by atoms with Crippen molar-refractivity contribution in [2.24, 2.45) is 11.3 Å². The van der Waals surface area contributed by atoms with Crippen molar-refractivity contribution in [1.82, 2.24) is 0 Å². The van der Waals surface area contributed by atoms with Crippen LogP contribution >= 0.6 is 22.6 Å². The van der Waals surface area contributed by atoms with Crippen molar-refractivity contribution >= 4 is 34.0 Å². The number of hydrogen-bond acceptors (Lipinski definition) is 2. The van der Waals surface area contributed by atoms with Gasteiger partial charge in [-0.1, -0.05) is 13.8 Å². The first-order valence-electron chi connectivity index (χ1n) is 5.28. The van der Waals surface area contributed by atoms with Crippen molar-refractivity contribution in [3.05, 3.63) is 21.8 Å². The van der Waals surface area contributed by atoms with Gasteiger partial charge < -0.3 is 11.1 Å². The predicted molar refractivity (Wildman–Crippen MR) is 73.9 cm³/mol. The number of hydrogen-bond donors (Lipinski definition) is 2. The van der Waals surface area contributed by atoms with E-state index in [1.807, 2.05) is 12.1 Å². The van der Waals surface area contributed by atoms with Crippen LogP contribution in [0.4, 0.5) is 11.4 Å². The van der Waals surface area contributed by atoms with Gasteiger partial charge in [0.15, 0.2) is 0 Å². The van der Waals surface area contributed by atoms with Crippen LogP contribution in [0, 0.1) is 14.9 Å². The van der Waals surface area contributed by atoms with E-state index >= 15 is 0 Å². The smallest absolute Gasteiger partial charge is 0.0477 e. The molecule has 0 aliphatic heterocycles. The predicted octanol–water partition coefficient (Wildman–Crippen LogP) is 3.33. The van der Waals surface area contributed by atoms with Crippen molar-refractivity contribution < 1.29 is 0 Å². The molecule has 3 N–H and O–H groups in total. The molecular weight excluding hydrogens is 299 g/mol. The standard InChI is InChI=1S/C12H17IN2/c1-12(2)6-8(12)7-15-11-4-3-9(14)5-10(11)13/h3-5,8,15H,6-7,14H2,1-2H3. The molecule has 0 heterocycles. The fraction of sp³-hybridized carbons (Fsp3) is 0.500. The van der Waals surface area contributed by atoms with E-state index in [1.54, 1.807) is 0 Å². The van der Waals surface area contributed by atoms with Gasteiger partial charge in [-0.05, 0) is 58.5 Å². The molecule has 0 amide bonds. The number of anilines is 2. The third kappa shape index (κ3) is 2.56. The lowest BCUT2D eigenvalue weighted by Crippen LogP contribution is -2.08. The molecule has 1 unspecified atom stereocenters. The highest BCUT2D eigenvalue weighted by molar-refractivity contribution is 14.1. The summed E-state index contributed by atoms with van der Waals surface area (Å²) in [5.74, 6) is 0.825. The van der Waals surface area contributed by atoms with E-state index in [-0.39, 0.29) is 0 Å². The second-order valence-electron chi connectivity index (χ2n) is 5.01. The number of nitrogens with two attached hydrogens (primary N) is 1. The molecule has 15 heavy (non-hydrogen) atoms. The van der Waals surface area contributed by atoms with E-state index in [4.69, 9.17) is 5.73 Å². The number of nitrogens with one attached hydrogen (secondary N) is 1. The Kier molecular flexibility index (Phi) is 2.83. The van der Waals surface area contributed by atoms with Crippen molar-refractivity contribution in [2.45, 2.75) is 20.3 Å². The van der Waals surface area contributed by atoms with Crippen molar-refractivity contribution in [1.29, 1.82) is 0 Å². The summed E-state index contributed by atoms with van der Waals surface area (Å²) in [6.07, 6.45) is 1.34. The molecule has 1 atom stereocenters. The first kappa shape index (κ1) is 11.0. The van der Waals surface area contributed by atoms with Gasteiger partial charge in [0, 0.05) is 21.5 Å². The summed E-state index contributed by atoms with van der Waals surface area (Å²) in [5.41, 5.74) is 8.29. The molecule has 0 bridgehead atoms. The average Bonchev–Trinajstić information content (AvgIpc) is 2.73. The van der Waals surface area contributed by atoms with Crippen molar-refractivity contribution in [3.63, 3.8) is 0 Å². The van der Waals surface area contributed by atoms with Gasteiger partial charge in [0.2, 0.25) is 0 Å². The third-order valence-electron chi connectivity index (χ3n) is 3.25. The second kappa shape index (κ2) is 3.85. The van der Waals surface area contributed by atoms with Gasteiger partial charge in [-0.15, -0.1) is 0 Å². The topological polar surface area (TPSA) is 38.0 Å². The Morgan fingerprint density at radius 2 is 2.20 bits per heavy atom. The summed E-state index contributed by atoms with van der Waals surface area (Å²) in [7, 11) is 0. The maximum atomic E-state index is 5.71. The highest BCUT2D eigenvalue weighted by Crippen LogP contribution is 2.51. The summed E-state index contributed by atoms with van der Waals surface area (Å²) in [5, 5.41) is 3.49. The van der Waals surface area contributed by atoms with Gasteiger partial charge in [-0.2, -0.15) is 0 Å². The summed E-state index contributed by atoms with van der Waals surface area (Å²) in [6, 6.07) is 6.01. The lowest BCUT2D eigenvalue weighted by atomic mass is 10.1. The molecule has 1 aromatic rings. The number of halogens is 1. The molecule has 0 spiro atoms. The monoisotopic (exact) mass is 316 g/mol. The largest absolute Gasteiger partial charge is 0.399 e. The average molecular weight is 316 g/mol. The first-order chi connectivity index (χ1) is 6.99. The summed E-state index contributed by atoms with van der Waals surface area (Å²) in [4.78, 5) is 0. The van der Waals surface area contributed by atoms with Gasteiger partial charge in [0.25, 0.3) is 0 Å². The van der Waals surface area contributed by atoms with Gasteiger partial charge >= 0.3 is 0 Å². The summed E-state index contributed by atoms with van der Waals surface area (Å²) < 4.78 is 1.20. The van der Waals surface area contributed by atoms with E-state index in [2.05, 4.69) is 47.8 Å². The molecule has 1 aliphatic carbocycles. The van der Waals surface area contributed by atoms with E-state index in [0.29, 0.717) is 5.41 Å². The molecule has 2 nitrogen and oxygen atoms in total. The Hall–Kier alpha value is -0.450. The maximum Gasteiger partial charge on any atom is 0.0477 e. The minimum absolute atomic E-state index is 0.548. The molecule has 82 valence electrons. The normalized spacial score (nSPS) is 22.5. The number of rotatable bonds is 3. The second-order valence-corrected chi connectivity index (χ2v) is 6.17. The molecule has 0 saturated heterocycles. The highest BCUT2D eigenvalue weighted by atomic mass is 127. The Labute approximate surface area is 105 Å². The number of nitrogen functional groups attached to an aromatic ring is 1. The molecule has 0 aromatic heterocycles. The Balaban J connectivity index is 1.94. The van der Waals surface area contributed by atoms with E-state index in [9.17, 15) is 0 Å². The lowest BCUT2D eigenvalue weighted by molar-refractivity contribution is 0.573. The van der Waals surface area contributed by atoms with Crippen molar-refractivity contribution in [3.8, 4) is 0 Å². The van der Waals surface area contributed by atoms with Crippen LogP contribution in [0.2, 0.25) is 0 Å². The minimum atomic E-state index is 0.548. The summed E-state index contributed by atoms with van der Waals surface area (Å²) in [6.45, 7) is 5.73. The van der Waals surface area contributed by atoms with Crippen LogP contribution in [-0.4, -0.2) is 6.54 Å². The zero-order valence-corrected chi connectivity index (χ0v) is 11.3. The van der Waals surface area contributed by atoms with Crippen LogP contribution in [-0.2, 0) is 0 Å².